The highest BCUT2D eigenvalue weighted by atomic mass is 19.2. The maximum absolute atomic E-state index is 12.8. The second-order valence-corrected chi connectivity index (χ2v) is 3.11. The highest BCUT2D eigenvalue weighted by molar-refractivity contribution is 5.93. The number of carbonyl (C=O) groups excluding carboxylic acids is 1. The van der Waals surface area contributed by atoms with Crippen LogP contribution < -0.4 is 10.2 Å². The molecule has 1 saturated heterocycles. The van der Waals surface area contributed by atoms with Crippen molar-refractivity contribution in [1.29, 1.82) is 0 Å². The molecule has 80 valence electrons. The van der Waals surface area contributed by atoms with Gasteiger partial charge < -0.3 is 5.32 Å². The first-order valence-electron chi connectivity index (χ1n) is 4.29. The molecule has 2 amide bonds. The lowest BCUT2D eigenvalue weighted by Crippen LogP contribution is -2.27. The van der Waals surface area contributed by atoms with Crippen molar-refractivity contribution in [1.82, 2.24) is 5.32 Å². The number of hydrogen-bond donors (Lipinski definition) is 1. The van der Waals surface area contributed by atoms with E-state index in [4.69, 9.17) is 0 Å². The highest BCUT2D eigenvalue weighted by Gasteiger charge is 2.23. The van der Waals surface area contributed by atoms with Crippen LogP contribution in [0.5, 0.6) is 0 Å². The predicted molar refractivity (Wildman–Crippen MR) is 47.1 cm³/mol. The third-order valence-corrected chi connectivity index (χ3v) is 2.14. The molecule has 0 aromatic heterocycles. The Kier molecular flexibility index (Phi) is 2.26. The molecule has 0 spiro atoms. The van der Waals surface area contributed by atoms with Crippen molar-refractivity contribution in [3.8, 4) is 0 Å². The van der Waals surface area contributed by atoms with Crippen LogP contribution in [0, 0.1) is 17.5 Å². The summed E-state index contributed by atoms with van der Waals surface area (Å²) in [6.07, 6.45) is 0. The van der Waals surface area contributed by atoms with Crippen LogP contribution in [0.1, 0.15) is 0 Å². The molecule has 1 heterocycles. The van der Waals surface area contributed by atoms with Crippen LogP contribution in [-0.2, 0) is 0 Å². The molecule has 0 unspecified atom stereocenters. The molecule has 1 aromatic carbocycles. The Bertz CT molecular complexity index is 399. The lowest BCUT2D eigenvalue weighted by atomic mass is 10.2. The Morgan fingerprint density at radius 3 is 2.27 bits per heavy atom. The van der Waals surface area contributed by atoms with Crippen LogP contribution in [-0.4, -0.2) is 19.1 Å². The summed E-state index contributed by atoms with van der Waals surface area (Å²) in [5, 5.41) is 2.47. The van der Waals surface area contributed by atoms with Gasteiger partial charge in [0.2, 0.25) is 0 Å². The molecule has 0 atom stereocenters. The lowest BCUT2D eigenvalue weighted by Gasteiger charge is -2.14. The van der Waals surface area contributed by atoms with Crippen molar-refractivity contribution in [3.05, 3.63) is 29.6 Å². The van der Waals surface area contributed by atoms with E-state index in [1.54, 1.807) is 0 Å². The summed E-state index contributed by atoms with van der Waals surface area (Å²) < 4.78 is 38.3. The Labute approximate surface area is 83.5 Å². The van der Waals surface area contributed by atoms with Crippen molar-refractivity contribution in [3.63, 3.8) is 0 Å². The molecule has 1 aliphatic rings. The fraction of sp³-hybridized carbons (Fsp3) is 0.222. The largest absolute Gasteiger partial charge is 0.336 e. The zero-order chi connectivity index (χ0) is 11.0. The quantitative estimate of drug-likeness (QED) is 0.711. The summed E-state index contributed by atoms with van der Waals surface area (Å²) in [5.41, 5.74) is 0.0152. The first-order valence-corrected chi connectivity index (χ1v) is 4.29. The maximum Gasteiger partial charge on any atom is 0.321 e. The number of carbonyl (C=O) groups is 1. The van der Waals surface area contributed by atoms with Crippen molar-refractivity contribution in [2.24, 2.45) is 0 Å². The van der Waals surface area contributed by atoms with Gasteiger partial charge in [0.05, 0.1) is 5.69 Å². The topological polar surface area (TPSA) is 32.3 Å². The van der Waals surface area contributed by atoms with Crippen LogP contribution in [0.3, 0.4) is 0 Å². The number of benzene rings is 1. The van der Waals surface area contributed by atoms with Gasteiger partial charge in [-0.05, 0) is 0 Å². The van der Waals surface area contributed by atoms with E-state index in [-0.39, 0.29) is 5.69 Å². The molecule has 0 bridgehead atoms. The number of amides is 2. The minimum absolute atomic E-state index is 0.0152. The normalized spacial score (nSPS) is 15.7. The first-order chi connectivity index (χ1) is 7.09. The van der Waals surface area contributed by atoms with Gasteiger partial charge in [-0.15, -0.1) is 0 Å². The number of nitrogens with zero attached hydrogens (tertiary/aromatic N) is 1. The second-order valence-electron chi connectivity index (χ2n) is 3.11. The van der Waals surface area contributed by atoms with Crippen LogP contribution >= 0.6 is 0 Å². The summed E-state index contributed by atoms with van der Waals surface area (Å²) >= 11 is 0. The van der Waals surface area contributed by atoms with Crippen molar-refractivity contribution < 1.29 is 18.0 Å². The van der Waals surface area contributed by atoms with E-state index in [0.717, 1.165) is 17.0 Å². The maximum atomic E-state index is 12.8. The molecular weight excluding hydrogens is 209 g/mol. The number of hydrogen-bond acceptors (Lipinski definition) is 1. The third kappa shape index (κ3) is 1.62. The van der Waals surface area contributed by atoms with Gasteiger partial charge in [0, 0.05) is 25.2 Å². The summed E-state index contributed by atoms with van der Waals surface area (Å²) in [6.45, 7) is 0.711. The van der Waals surface area contributed by atoms with E-state index >= 15 is 0 Å². The number of urea groups is 1. The molecule has 1 aliphatic heterocycles. The van der Waals surface area contributed by atoms with Crippen molar-refractivity contribution in [2.45, 2.75) is 0 Å². The number of nitrogens with one attached hydrogen (secondary N) is 1. The van der Waals surface area contributed by atoms with Crippen molar-refractivity contribution in [2.75, 3.05) is 18.0 Å². The van der Waals surface area contributed by atoms with Crippen molar-refractivity contribution >= 4 is 11.7 Å². The molecule has 2 rings (SSSR count). The summed E-state index contributed by atoms with van der Waals surface area (Å²) in [5.74, 6) is -4.13. The minimum atomic E-state index is -1.53. The first kappa shape index (κ1) is 9.82. The third-order valence-electron chi connectivity index (χ3n) is 2.14. The number of anilines is 1. The molecule has 0 saturated carbocycles. The zero-order valence-corrected chi connectivity index (χ0v) is 7.56. The van der Waals surface area contributed by atoms with Crippen LogP contribution in [0.15, 0.2) is 12.1 Å². The van der Waals surface area contributed by atoms with Gasteiger partial charge >= 0.3 is 6.03 Å². The Hall–Kier alpha value is -1.72. The summed E-state index contributed by atoms with van der Waals surface area (Å²) in [7, 11) is 0. The average molecular weight is 216 g/mol. The summed E-state index contributed by atoms with van der Waals surface area (Å²) in [6, 6.07) is 1.15. The molecule has 1 fully saturated rings. The predicted octanol–water partition coefficient (Wildman–Crippen LogP) is 1.63. The van der Waals surface area contributed by atoms with Crippen LogP contribution in [0.25, 0.3) is 0 Å². The van der Waals surface area contributed by atoms with Crippen LogP contribution in [0.2, 0.25) is 0 Å². The highest BCUT2D eigenvalue weighted by Crippen LogP contribution is 2.22. The van der Waals surface area contributed by atoms with Gasteiger partial charge in [0.15, 0.2) is 17.5 Å². The molecule has 1 N–H and O–H groups in total. The fourth-order valence-corrected chi connectivity index (χ4v) is 1.42. The van der Waals surface area contributed by atoms with E-state index in [1.165, 1.54) is 0 Å². The van der Waals surface area contributed by atoms with E-state index < -0.39 is 23.5 Å². The lowest BCUT2D eigenvalue weighted by molar-refractivity contribution is 0.252. The number of halogens is 3. The standard InChI is InChI=1S/C9H7F3N2O/c10-6-3-5(4-7(11)8(6)12)14-2-1-13-9(14)15/h3-4H,1-2H2,(H,13,15). The van der Waals surface area contributed by atoms with E-state index in [1.807, 2.05) is 0 Å². The van der Waals surface area contributed by atoms with E-state index in [9.17, 15) is 18.0 Å². The monoisotopic (exact) mass is 216 g/mol. The molecule has 0 aliphatic carbocycles. The zero-order valence-electron chi connectivity index (χ0n) is 7.56. The van der Waals surface area contributed by atoms with Gasteiger partial charge in [-0.25, -0.2) is 18.0 Å². The SMILES string of the molecule is O=C1NCCN1c1cc(F)c(F)c(F)c1. The van der Waals surface area contributed by atoms with Gasteiger partial charge in [0.25, 0.3) is 0 Å². The van der Waals surface area contributed by atoms with E-state index in [0.29, 0.717) is 13.1 Å². The van der Waals surface area contributed by atoms with Gasteiger partial charge in [0.1, 0.15) is 0 Å². The van der Waals surface area contributed by atoms with Gasteiger partial charge in [-0.3, -0.25) is 4.90 Å². The Morgan fingerprint density at radius 1 is 1.20 bits per heavy atom. The number of rotatable bonds is 1. The smallest absolute Gasteiger partial charge is 0.321 e. The molecule has 6 heteroatoms. The van der Waals surface area contributed by atoms with Gasteiger partial charge in [-0.1, -0.05) is 0 Å². The average Bonchev–Trinajstić information content (AvgIpc) is 2.60. The van der Waals surface area contributed by atoms with Crippen LogP contribution in [0.4, 0.5) is 23.7 Å². The van der Waals surface area contributed by atoms with Gasteiger partial charge in [-0.2, -0.15) is 0 Å². The molecular formula is C9H7F3N2O. The molecule has 15 heavy (non-hydrogen) atoms. The minimum Gasteiger partial charge on any atom is -0.336 e. The molecule has 3 nitrogen and oxygen atoms in total. The van der Waals surface area contributed by atoms with E-state index in [2.05, 4.69) is 5.32 Å². The fourth-order valence-electron chi connectivity index (χ4n) is 1.42. The Morgan fingerprint density at radius 2 is 1.80 bits per heavy atom. The molecule has 1 aromatic rings. The Balaban J connectivity index is 2.41. The summed E-state index contributed by atoms with van der Waals surface area (Å²) in [4.78, 5) is 12.3. The second kappa shape index (κ2) is 3.45. The molecule has 0 radical (unpaired) electrons.